The summed E-state index contributed by atoms with van der Waals surface area (Å²) in [5, 5.41) is 0. The minimum atomic E-state index is -0.0622. The lowest BCUT2D eigenvalue weighted by Crippen LogP contribution is -2.24. The molecule has 0 bridgehead atoms. The van der Waals surface area contributed by atoms with E-state index >= 15 is 0 Å². The van der Waals surface area contributed by atoms with Crippen LogP contribution in [0.5, 0.6) is 0 Å². The molecule has 0 saturated carbocycles. The fraction of sp³-hybridized carbons (Fsp3) is 0.467. The monoisotopic (exact) mass is 217 g/mol. The highest BCUT2D eigenvalue weighted by Crippen LogP contribution is 2.31. The molecule has 0 unspecified atom stereocenters. The van der Waals surface area contributed by atoms with Crippen molar-refractivity contribution in [3.8, 4) is 0 Å². The summed E-state index contributed by atoms with van der Waals surface area (Å²) in [6.45, 7) is 12.2. The van der Waals surface area contributed by atoms with Gasteiger partial charge in [0.15, 0.2) is 5.78 Å². The van der Waals surface area contributed by atoms with Gasteiger partial charge < -0.3 is 0 Å². The van der Waals surface area contributed by atoms with E-state index in [1.807, 2.05) is 39.0 Å². The summed E-state index contributed by atoms with van der Waals surface area (Å²) in [4.78, 5) is 12.3. The number of hydrogen-bond donors (Lipinski definition) is 0. The normalized spacial score (nSPS) is 11.9. The number of rotatable bonds is 2. The van der Waals surface area contributed by atoms with E-state index in [4.69, 9.17) is 0 Å². The van der Waals surface area contributed by atoms with Crippen molar-refractivity contribution in [1.82, 2.24) is 0 Å². The third kappa shape index (κ3) is 2.52. The van der Waals surface area contributed by atoms with Crippen molar-refractivity contribution in [1.29, 1.82) is 0 Å². The highest BCUT2D eigenvalue weighted by molar-refractivity contribution is 6.07. The second-order valence-corrected chi connectivity index (χ2v) is 5.45. The van der Waals surface area contributed by atoms with Crippen molar-refractivity contribution >= 4 is 5.78 Å². The van der Waals surface area contributed by atoms with Gasteiger partial charge in [-0.15, -0.1) is 0 Å². The van der Waals surface area contributed by atoms with Crippen molar-refractivity contribution in [2.75, 3.05) is 0 Å². The van der Waals surface area contributed by atoms with Gasteiger partial charge in [0.1, 0.15) is 0 Å². The van der Waals surface area contributed by atoms with Crippen molar-refractivity contribution < 1.29 is 4.79 Å². The van der Waals surface area contributed by atoms with Gasteiger partial charge in [0.05, 0.1) is 0 Å². The highest BCUT2D eigenvalue weighted by Gasteiger charge is 2.29. The van der Waals surface area contributed by atoms with Gasteiger partial charge in [-0.1, -0.05) is 45.9 Å². The Morgan fingerprint density at radius 1 is 1.12 bits per heavy atom. The van der Waals surface area contributed by atoms with E-state index in [0.717, 1.165) is 17.0 Å². The Balaban J connectivity index is 3.11. The van der Waals surface area contributed by atoms with Gasteiger partial charge in [0.25, 0.3) is 0 Å². The predicted octanol–water partition coefficient (Wildman–Crippen LogP) is 4.13. The maximum atomic E-state index is 12.3. The van der Waals surface area contributed by atoms with Crippen LogP contribution in [0.4, 0.5) is 0 Å². The van der Waals surface area contributed by atoms with Crippen LogP contribution < -0.4 is 0 Å². The third-order valence-corrected chi connectivity index (χ3v) is 3.31. The number of aryl methyl sites for hydroxylation is 1. The molecule has 1 heteroatoms. The topological polar surface area (TPSA) is 17.1 Å². The Morgan fingerprint density at radius 3 is 2.19 bits per heavy atom. The molecule has 0 aliphatic heterocycles. The molecule has 16 heavy (non-hydrogen) atoms. The number of Topliss-reactive ketones (excluding diaryl/α,β-unsaturated/α-hetero) is 1. The quantitative estimate of drug-likeness (QED) is 0.681. The fourth-order valence-electron chi connectivity index (χ4n) is 1.54. The average molecular weight is 217 g/mol. The van der Waals surface area contributed by atoms with E-state index in [9.17, 15) is 4.79 Å². The Labute approximate surface area is 98.9 Å². The lowest BCUT2D eigenvalue weighted by molar-refractivity contribution is 0.0973. The molecule has 0 aliphatic carbocycles. The van der Waals surface area contributed by atoms with Crippen LogP contribution >= 0.6 is 0 Å². The minimum absolute atomic E-state index is 0.0622. The average Bonchev–Trinajstić information content (AvgIpc) is 2.18. The SMILES string of the molecule is C[C](C(=O)c1cccc(C)c1C)C(C)(C)C. The Morgan fingerprint density at radius 2 is 1.69 bits per heavy atom. The van der Waals surface area contributed by atoms with Crippen LogP contribution in [0.3, 0.4) is 0 Å². The molecule has 0 heterocycles. The fourth-order valence-corrected chi connectivity index (χ4v) is 1.54. The zero-order chi connectivity index (χ0) is 12.5. The second kappa shape index (κ2) is 4.40. The summed E-state index contributed by atoms with van der Waals surface area (Å²) in [7, 11) is 0. The number of carbonyl (C=O) groups is 1. The summed E-state index contributed by atoms with van der Waals surface area (Å²) in [6, 6.07) is 5.91. The van der Waals surface area contributed by atoms with Gasteiger partial charge >= 0.3 is 0 Å². The molecule has 0 fully saturated rings. The van der Waals surface area contributed by atoms with Crippen LogP contribution in [0.2, 0.25) is 0 Å². The summed E-state index contributed by atoms with van der Waals surface area (Å²) >= 11 is 0. The maximum Gasteiger partial charge on any atom is 0.170 e. The molecule has 0 N–H and O–H groups in total. The van der Waals surface area contributed by atoms with E-state index in [1.54, 1.807) is 0 Å². The van der Waals surface area contributed by atoms with Gasteiger partial charge in [-0.2, -0.15) is 0 Å². The first-order valence-electron chi connectivity index (χ1n) is 5.70. The Bertz CT molecular complexity index is 396. The first kappa shape index (κ1) is 13.0. The molecule has 0 saturated heterocycles. The molecule has 0 aliphatic rings. The van der Waals surface area contributed by atoms with Crippen molar-refractivity contribution in [3.63, 3.8) is 0 Å². The van der Waals surface area contributed by atoms with E-state index in [-0.39, 0.29) is 11.2 Å². The molecule has 1 aromatic rings. The molecule has 0 amide bonds. The van der Waals surface area contributed by atoms with Gasteiger partial charge in [-0.25, -0.2) is 0 Å². The molecule has 0 atom stereocenters. The van der Waals surface area contributed by atoms with Crippen molar-refractivity contribution in [3.05, 3.63) is 40.8 Å². The lowest BCUT2D eigenvalue weighted by atomic mass is 9.77. The number of carbonyl (C=O) groups excluding carboxylic acids is 1. The van der Waals surface area contributed by atoms with E-state index in [1.165, 1.54) is 5.56 Å². The van der Waals surface area contributed by atoms with Gasteiger partial charge in [0, 0.05) is 11.5 Å². The van der Waals surface area contributed by atoms with Crippen LogP contribution in [-0.2, 0) is 0 Å². The summed E-state index contributed by atoms with van der Waals surface area (Å²) in [5.74, 6) is 1.09. The molecular weight excluding hydrogens is 196 g/mol. The molecular formula is C15H21O. The van der Waals surface area contributed by atoms with E-state index in [0.29, 0.717) is 0 Å². The van der Waals surface area contributed by atoms with Gasteiger partial charge in [-0.05, 0) is 30.4 Å². The zero-order valence-electron chi connectivity index (χ0n) is 11.1. The summed E-state index contributed by atoms with van der Waals surface area (Å²) in [5.41, 5.74) is 3.05. The van der Waals surface area contributed by atoms with Gasteiger partial charge in [0.2, 0.25) is 0 Å². The van der Waals surface area contributed by atoms with Crippen molar-refractivity contribution in [2.24, 2.45) is 5.41 Å². The Hall–Kier alpha value is -1.11. The maximum absolute atomic E-state index is 12.3. The predicted molar refractivity (Wildman–Crippen MR) is 68.6 cm³/mol. The third-order valence-electron chi connectivity index (χ3n) is 3.31. The van der Waals surface area contributed by atoms with Crippen molar-refractivity contribution in [2.45, 2.75) is 41.5 Å². The smallest absolute Gasteiger partial charge is 0.170 e. The Kier molecular flexibility index (Phi) is 3.57. The molecule has 1 rings (SSSR count). The van der Waals surface area contributed by atoms with E-state index < -0.39 is 0 Å². The first-order chi connectivity index (χ1) is 7.25. The number of ketones is 1. The zero-order valence-corrected chi connectivity index (χ0v) is 11.1. The summed E-state index contributed by atoms with van der Waals surface area (Å²) < 4.78 is 0. The second-order valence-electron chi connectivity index (χ2n) is 5.45. The van der Waals surface area contributed by atoms with Crippen LogP contribution in [0.15, 0.2) is 18.2 Å². The number of benzene rings is 1. The standard InChI is InChI=1S/C15H21O/c1-10-8-7-9-13(11(10)2)14(16)12(3)15(4,5)6/h7-9H,1-6H3. The van der Waals surface area contributed by atoms with Crippen LogP contribution in [0.1, 0.15) is 49.2 Å². The van der Waals surface area contributed by atoms with Gasteiger partial charge in [-0.3, -0.25) is 4.79 Å². The summed E-state index contributed by atoms with van der Waals surface area (Å²) in [6.07, 6.45) is 0. The lowest BCUT2D eigenvalue weighted by Gasteiger charge is -2.25. The number of hydrogen-bond acceptors (Lipinski definition) is 1. The largest absolute Gasteiger partial charge is 0.293 e. The molecule has 1 nitrogen and oxygen atoms in total. The molecule has 0 aromatic heterocycles. The first-order valence-corrected chi connectivity index (χ1v) is 5.70. The minimum Gasteiger partial charge on any atom is -0.293 e. The van der Waals surface area contributed by atoms with Crippen LogP contribution in [0, 0.1) is 25.2 Å². The molecule has 1 radical (unpaired) electrons. The van der Waals surface area contributed by atoms with Crippen LogP contribution in [0.25, 0.3) is 0 Å². The molecule has 1 aromatic carbocycles. The molecule has 0 spiro atoms. The highest BCUT2D eigenvalue weighted by atomic mass is 16.1. The molecule has 87 valence electrons. The van der Waals surface area contributed by atoms with E-state index in [2.05, 4.69) is 20.8 Å². The van der Waals surface area contributed by atoms with Crippen LogP contribution in [-0.4, -0.2) is 5.78 Å².